The highest BCUT2D eigenvalue weighted by Crippen LogP contribution is 1.91. The van der Waals surface area contributed by atoms with Gasteiger partial charge in [-0.05, 0) is 6.92 Å². The number of isocyanates is 1. The molecule has 0 aliphatic carbocycles. The average Bonchev–Trinajstić information content (AvgIpc) is 2.03. The normalized spacial score (nSPS) is 6.93. The van der Waals surface area contributed by atoms with E-state index in [2.05, 4.69) is 21.3 Å². The van der Waals surface area contributed by atoms with E-state index in [4.69, 9.17) is 0 Å². The number of rotatable bonds is 5. The smallest absolute Gasteiger partial charge is 0.333 e. The first kappa shape index (κ1) is 18.2. The van der Waals surface area contributed by atoms with Crippen LogP contribution in [0.2, 0.25) is 0 Å². The fraction of sp³-hybridized carbons (Fsp3) is 0.556. The molecule has 0 aliphatic heterocycles. The van der Waals surface area contributed by atoms with Crippen molar-refractivity contribution in [2.75, 3.05) is 13.2 Å². The van der Waals surface area contributed by atoms with E-state index in [9.17, 15) is 9.59 Å². The third-order valence-corrected chi connectivity index (χ3v) is 0.858. The van der Waals surface area contributed by atoms with Crippen LogP contribution in [0, 0.1) is 0 Å². The molecule has 0 atom stereocenters. The summed E-state index contributed by atoms with van der Waals surface area (Å²) < 4.78 is 4.60. The van der Waals surface area contributed by atoms with Gasteiger partial charge in [0.25, 0.3) is 6.08 Å². The Bertz CT molecular complexity index is 219. The molecule has 0 aromatic carbocycles. The van der Waals surface area contributed by atoms with Crippen LogP contribution in [0.15, 0.2) is 17.3 Å². The molecule has 0 aromatic rings. The molecule has 0 bridgehead atoms. The standard InChI is InChI=1S/C7H9NO4.2CH4/c1-6(2)7(10)11-3-4-12-8-5-9;;/h1,3-4H2,2H3;2*1H4. The highest BCUT2D eigenvalue weighted by atomic mass is 16.6. The maximum Gasteiger partial charge on any atom is 0.333 e. The molecule has 0 unspecified atom stereocenters. The van der Waals surface area contributed by atoms with Crippen molar-refractivity contribution < 1.29 is 19.2 Å². The summed E-state index contributed by atoms with van der Waals surface area (Å²) in [6.07, 6.45) is 1.17. The third-order valence-electron chi connectivity index (χ3n) is 0.858. The van der Waals surface area contributed by atoms with Gasteiger partial charge in [0, 0.05) is 10.7 Å². The van der Waals surface area contributed by atoms with Crippen molar-refractivity contribution in [3.05, 3.63) is 12.2 Å². The number of hydrogen-bond acceptors (Lipinski definition) is 5. The topological polar surface area (TPSA) is 65.0 Å². The lowest BCUT2D eigenvalue weighted by atomic mass is 10.4. The van der Waals surface area contributed by atoms with E-state index in [1.807, 2.05) is 0 Å². The summed E-state index contributed by atoms with van der Waals surface area (Å²) in [6.45, 7) is 4.98. The number of esters is 1. The summed E-state index contributed by atoms with van der Waals surface area (Å²) >= 11 is 0. The number of carbonyl (C=O) groups is 1. The van der Waals surface area contributed by atoms with Crippen molar-refractivity contribution in [2.24, 2.45) is 5.16 Å². The van der Waals surface area contributed by atoms with E-state index in [-0.39, 0.29) is 28.1 Å². The van der Waals surface area contributed by atoms with E-state index in [1.54, 1.807) is 0 Å². The van der Waals surface area contributed by atoms with Crippen LogP contribution >= 0.6 is 0 Å². The van der Waals surface area contributed by atoms with Crippen LogP contribution in [0.4, 0.5) is 0 Å². The quantitative estimate of drug-likeness (QED) is 0.170. The molecule has 0 saturated carbocycles. The summed E-state index contributed by atoms with van der Waals surface area (Å²) in [4.78, 5) is 24.5. The van der Waals surface area contributed by atoms with Gasteiger partial charge in [-0.3, -0.25) is 0 Å². The molecule has 0 saturated heterocycles. The van der Waals surface area contributed by atoms with Gasteiger partial charge in [0.1, 0.15) is 6.61 Å². The van der Waals surface area contributed by atoms with Crippen molar-refractivity contribution in [3.63, 3.8) is 0 Å². The zero-order valence-electron chi connectivity index (χ0n) is 6.70. The summed E-state index contributed by atoms with van der Waals surface area (Å²) in [5.41, 5.74) is 0.314. The minimum atomic E-state index is -0.492. The number of ether oxygens (including phenoxy) is 1. The molecule has 5 heteroatoms. The van der Waals surface area contributed by atoms with Crippen molar-refractivity contribution in [1.29, 1.82) is 0 Å². The molecular formula is C9H17NO4. The van der Waals surface area contributed by atoms with Crippen LogP contribution < -0.4 is 0 Å². The predicted molar refractivity (Wildman–Crippen MR) is 53.3 cm³/mol. The second kappa shape index (κ2) is 11.4. The van der Waals surface area contributed by atoms with Crippen molar-refractivity contribution in [2.45, 2.75) is 21.8 Å². The van der Waals surface area contributed by atoms with Crippen molar-refractivity contribution in [1.82, 2.24) is 0 Å². The average molecular weight is 203 g/mol. The summed E-state index contributed by atoms with van der Waals surface area (Å²) in [5, 5.41) is 2.79. The lowest BCUT2D eigenvalue weighted by Gasteiger charge is -2.01. The Hall–Kier alpha value is -1.61. The van der Waals surface area contributed by atoms with Gasteiger partial charge < -0.3 is 9.57 Å². The van der Waals surface area contributed by atoms with Crippen LogP contribution in [0.3, 0.4) is 0 Å². The SMILES string of the molecule is C.C.C=C(C)C(=O)OCCON=C=O. The molecule has 5 nitrogen and oxygen atoms in total. The van der Waals surface area contributed by atoms with Crippen LogP contribution in [0.5, 0.6) is 0 Å². The van der Waals surface area contributed by atoms with E-state index in [0.29, 0.717) is 5.57 Å². The van der Waals surface area contributed by atoms with Gasteiger partial charge in [-0.2, -0.15) is 0 Å². The van der Waals surface area contributed by atoms with Gasteiger partial charge in [-0.25, -0.2) is 9.59 Å². The van der Waals surface area contributed by atoms with Gasteiger partial charge in [-0.1, -0.05) is 21.4 Å². The van der Waals surface area contributed by atoms with Crippen LogP contribution in [-0.4, -0.2) is 25.3 Å². The number of nitrogens with zero attached hydrogens (tertiary/aromatic N) is 1. The van der Waals surface area contributed by atoms with E-state index in [0.717, 1.165) is 0 Å². The Morgan fingerprint density at radius 3 is 2.43 bits per heavy atom. The van der Waals surface area contributed by atoms with E-state index >= 15 is 0 Å². The van der Waals surface area contributed by atoms with E-state index < -0.39 is 5.97 Å². The van der Waals surface area contributed by atoms with Crippen LogP contribution in [0.25, 0.3) is 0 Å². The summed E-state index contributed by atoms with van der Waals surface area (Å²) in [5.74, 6) is -0.492. The van der Waals surface area contributed by atoms with Crippen molar-refractivity contribution >= 4 is 12.0 Å². The first-order valence-electron chi connectivity index (χ1n) is 3.20. The lowest BCUT2D eigenvalue weighted by Crippen LogP contribution is -2.09. The minimum absolute atomic E-state index is 0. The van der Waals surface area contributed by atoms with Crippen LogP contribution in [-0.2, 0) is 19.2 Å². The molecule has 0 spiro atoms. The third kappa shape index (κ3) is 10.4. The molecule has 82 valence electrons. The molecule has 0 radical (unpaired) electrons. The summed E-state index contributed by atoms with van der Waals surface area (Å²) in [7, 11) is 0. The Morgan fingerprint density at radius 1 is 1.43 bits per heavy atom. The molecule has 0 N–H and O–H groups in total. The highest BCUT2D eigenvalue weighted by Gasteiger charge is 2.01. The lowest BCUT2D eigenvalue weighted by molar-refractivity contribution is -0.140. The molecule has 0 aliphatic rings. The fourth-order valence-corrected chi connectivity index (χ4v) is 0.367. The van der Waals surface area contributed by atoms with Gasteiger partial charge in [0.15, 0.2) is 6.61 Å². The van der Waals surface area contributed by atoms with Gasteiger partial charge in [0.2, 0.25) is 0 Å². The Kier molecular flexibility index (Phi) is 14.8. The highest BCUT2D eigenvalue weighted by molar-refractivity contribution is 5.86. The zero-order chi connectivity index (χ0) is 9.40. The Labute approximate surface area is 84.4 Å². The molecule has 0 rings (SSSR count). The minimum Gasteiger partial charge on any atom is -0.459 e. The first-order chi connectivity index (χ1) is 5.68. The van der Waals surface area contributed by atoms with Crippen molar-refractivity contribution in [3.8, 4) is 0 Å². The molecule has 14 heavy (non-hydrogen) atoms. The maximum atomic E-state index is 10.7. The van der Waals surface area contributed by atoms with Gasteiger partial charge in [-0.15, -0.1) is 0 Å². The second-order valence-electron chi connectivity index (χ2n) is 1.93. The fourth-order valence-electron chi connectivity index (χ4n) is 0.367. The van der Waals surface area contributed by atoms with Gasteiger partial charge >= 0.3 is 5.97 Å². The maximum absolute atomic E-state index is 10.7. The molecule has 0 aromatic heterocycles. The second-order valence-corrected chi connectivity index (χ2v) is 1.93. The van der Waals surface area contributed by atoms with E-state index in [1.165, 1.54) is 13.0 Å². The summed E-state index contributed by atoms with van der Waals surface area (Å²) in [6, 6.07) is 0. The largest absolute Gasteiger partial charge is 0.459 e. The molecule has 0 fully saturated rings. The first-order valence-corrected chi connectivity index (χ1v) is 3.20. The zero-order valence-corrected chi connectivity index (χ0v) is 6.70. The van der Waals surface area contributed by atoms with Gasteiger partial charge in [0.05, 0.1) is 0 Å². The number of carbonyl (C=O) groups excluding carboxylic acids is 2. The molecular weight excluding hydrogens is 186 g/mol. The Balaban J connectivity index is -0.000000605. The Morgan fingerprint density at radius 2 is 2.00 bits per heavy atom. The molecule has 0 heterocycles. The monoisotopic (exact) mass is 203 g/mol. The van der Waals surface area contributed by atoms with Crippen LogP contribution in [0.1, 0.15) is 21.8 Å². The number of hydrogen-bond donors (Lipinski definition) is 0. The molecule has 0 amide bonds. The predicted octanol–water partition coefficient (Wildman–Crippen LogP) is 1.65.